The van der Waals surface area contributed by atoms with E-state index in [-0.39, 0.29) is 11.8 Å². The Morgan fingerprint density at radius 2 is 1.64 bits per heavy atom. The number of benzene rings is 3. The van der Waals surface area contributed by atoms with Crippen LogP contribution in [0.1, 0.15) is 53.6 Å². The number of fused-ring (bicyclic) bond motifs is 1. The quantitative estimate of drug-likeness (QED) is 0.242. The summed E-state index contributed by atoms with van der Waals surface area (Å²) in [5.41, 5.74) is 4.80. The zero-order valence-electron chi connectivity index (χ0n) is 22.8. The van der Waals surface area contributed by atoms with E-state index in [1.165, 1.54) is 13.5 Å². The minimum absolute atomic E-state index is 0.00769. The van der Waals surface area contributed by atoms with Gasteiger partial charge < -0.3 is 9.47 Å². The van der Waals surface area contributed by atoms with Crippen molar-refractivity contribution in [3.8, 4) is 16.9 Å². The SMILES string of the molecule is COC(=O)c1ccc2c(N(Cc3ccc(-c4ccc(OC)c(C)c4)cc3)C(=O)C3CCCCC3)nccc2c1. The summed E-state index contributed by atoms with van der Waals surface area (Å²) in [5, 5.41) is 1.68. The minimum atomic E-state index is -0.391. The summed E-state index contributed by atoms with van der Waals surface area (Å²) < 4.78 is 10.3. The number of aromatic nitrogens is 1. The van der Waals surface area contributed by atoms with E-state index < -0.39 is 5.97 Å². The van der Waals surface area contributed by atoms with Crippen LogP contribution >= 0.6 is 0 Å². The van der Waals surface area contributed by atoms with Gasteiger partial charge in [0.2, 0.25) is 5.91 Å². The number of amides is 1. The Balaban J connectivity index is 1.49. The summed E-state index contributed by atoms with van der Waals surface area (Å²) >= 11 is 0. The lowest BCUT2D eigenvalue weighted by molar-refractivity contribution is -0.123. The molecule has 4 aromatic rings. The maximum atomic E-state index is 14.0. The lowest BCUT2D eigenvalue weighted by Crippen LogP contribution is -2.37. The Kier molecular flexibility index (Phi) is 7.92. The van der Waals surface area contributed by atoms with E-state index in [0.717, 1.165) is 64.5 Å². The van der Waals surface area contributed by atoms with Gasteiger partial charge in [0.25, 0.3) is 0 Å². The van der Waals surface area contributed by atoms with E-state index in [1.54, 1.807) is 25.4 Å². The zero-order valence-corrected chi connectivity index (χ0v) is 22.8. The molecule has 3 aromatic carbocycles. The molecule has 1 heterocycles. The number of methoxy groups -OCH3 is 2. The van der Waals surface area contributed by atoms with Gasteiger partial charge in [0.15, 0.2) is 0 Å². The molecule has 1 aromatic heterocycles. The minimum Gasteiger partial charge on any atom is -0.496 e. The van der Waals surface area contributed by atoms with Gasteiger partial charge in [-0.05, 0) is 83.8 Å². The van der Waals surface area contributed by atoms with Gasteiger partial charge in [0, 0.05) is 17.5 Å². The van der Waals surface area contributed by atoms with E-state index in [4.69, 9.17) is 9.47 Å². The van der Waals surface area contributed by atoms with Gasteiger partial charge in [-0.3, -0.25) is 9.69 Å². The van der Waals surface area contributed by atoms with Crippen LogP contribution in [0, 0.1) is 12.8 Å². The van der Waals surface area contributed by atoms with Gasteiger partial charge >= 0.3 is 5.97 Å². The van der Waals surface area contributed by atoms with Crippen molar-refractivity contribution in [1.82, 2.24) is 4.98 Å². The zero-order chi connectivity index (χ0) is 27.4. The smallest absolute Gasteiger partial charge is 0.337 e. The molecule has 0 unspecified atom stereocenters. The fourth-order valence-electron chi connectivity index (χ4n) is 5.49. The summed E-state index contributed by atoms with van der Waals surface area (Å²) in [6.07, 6.45) is 6.84. The molecule has 0 bridgehead atoms. The van der Waals surface area contributed by atoms with Crippen LogP contribution in [0.2, 0.25) is 0 Å². The first-order chi connectivity index (χ1) is 19.0. The predicted molar refractivity (Wildman–Crippen MR) is 154 cm³/mol. The summed E-state index contributed by atoms with van der Waals surface area (Å²) in [7, 11) is 3.05. The average Bonchev–Trinajstić information content (AvgIpc) is 2.99. The molecule has 0 N–H and O–H groups in total. The lowest BCUT2D eigenvalue weighted by Gasteiger charge is -2.29. The number of hydrogen-bond donors (Lipinski definition) is 0. The van der Waals surface area contributed by atoms with Crippen LogP contribution < -0.4 is 9.64 Å². The second-order valence-corrected chi connectivity index (χ2v) is 10.2. The van der Waals surface area contributed by atoms with Gasteiger partial charge in [0.05, 0.1) is 26.3 Å². The Morgan fingerprint density at radius 1 is 0.897 bits per heavy atom. The third-order valence-corrected chi connectivity index (χ3v) is 7.66. The Morgan fingerprint density at radius 3 is 2.33 bits per heavy atom. The van der Waals surface area contributed by atoms with Crippen molar-refractivity contribution in [2.24, 2.45) is 5.92 Å². The van der Waals surface area contributed by atoms with E-state index in [1.807, 2.05) is 30.0 Å². The highest BCUT2D eigenvalue weighted by atomic mass is 16.5. The average molecular weight is 523 g/mol. The highest BCUT2D eigenvalue weighted by Gasteiger charge is 2.29. The molecular formula is C33H34N2O4. The van der Waals surface area contributed by atoms with E-state index in [2.05, 4.69) is 41.4 Å². The molecule has 5 rings (SSSR count). The molecule has 6 nitrogen and oxygen atoms in total. The number of carbonyl (C=O) groups excluding carboxylic acids is 2. The molecule has 0 radical (unpaired) electrons. The molecule has 1 aliphatic rings. The summed E-state index contributed by atoms with van der Waals surface area (Å²) in [6.45, 7) is 2.46. The van der Waals surface area contributed by atoms with Crippen molar-refractivity contribution in [3.63, 3.8) is 0 Å². The Labute approximate surface area is 229 Å². The molecule has 1 aliphatic carbocycles. The predicted octanol–water partition coefficient (Wildman–Crippen LogP) is 7.12. The van der Waals surface area contributed by atoms with Crippen molar-refractivity contribution in [1.29, 1.82) is 0 Å². The number of esters is 1. The van der Waals surface area contributed by atoms with Crippen molar-refractivity contribution in [3.05, 3.63) is 89.6 Å². The van der Waals surface area contributed by atoms with Crippen LogP contribution in [-0.2, 0) is 16.1 Å². The van der Waals surface area contributed by atoms with Gasteiger partial charge in [-0.2, -0.15) is 0 Å². The number of carbonyl (C=O) groups is 2. The molecule has 200 valence electrons. The molecule has 0 aliphatic heterocycles. The molecule has 1 fully saturated rings. The summed E-state index contributed by atoms with van der Waals surface area (Å²) in [5.74, 6) is 1.20. The largest absolute Gasteiger partial charge is 0.496 e. The second-order valence-electron chi connectivity index (χ2n) is 10.2. The summed E-state index contributed by atoms with van der Waals surface area (Å²) in [4.78, 5) is 32.6. The molecule has 39 heavy (non-hydrogen) atoms. The highest BCUT2D eigenvalue weighted by molar-refractivity contribution is 6.04. The van der Waals surface area contributed by atoms with Crippen molar-refractivity contribution in [2.75, 3.05) is 19.1 Å². The molecule has 0 atom stereocenters. The number of ether oxygens (including phenoxy) is 2. The number of nitrogens with zero attached hydrogens (tertiary/aromatic N) is 2. The van der Waals surface area contributed by atoms with Crippen LogP contribution in [-0.4, -0.2) is 31.1 Å². The van der Waals surface area contributed by atoms with E-state index in [0.29, 0.717) is 17.9 Å². The lowest BCUT2D eigenvalue weighted by atomic mass is 9.88. The van der Waals surface area contributed by atoms with Crippen LogP contribution in [0.25, 0.3) is 21.9 Å². The van der Waals surface area contributed by atoms with Crippen molar-refractivity contribution < 1.29 is 19.1 Å². The van der Waals surface area contributed by atoms with Gasteiger partial charge in [-0.25, -0.2) is 9.78 Å². The first-order valence-corrected chi connectivity index (χ1v) is 13.5. The monoisotopic (exact) mass is 522 g/mol. The standard InChI is InChI=1S/C33H34N2O4/c1-22-19-26(14-16-30(22)38-2)24-11-9-23(10-12-24)21-35(32(36)25-7-5-4-6-8-25)31-29-15-13-28(33(37)39-3)20-27(29)17-18-34-31/h9-20,25H,4-8,21H2,1-3H3. The Hall–Kier alpha value is -4.19. The van der Waals surface area contributed by atoms with Crippen molar-refractivity contribution >= 4 is 28.5 Å². The third kappa shape index (κ3) is 5.65. The van der Waals surface area contributed by atoms with Crippen LogP contribution in [0.4, 0.5) is 5.82 Å². The van der Waals surface area contributed by atoms with E-state index in [9.17, 15) is 9.59 Å². The maximum absolute atomic E-state index is 14.0. The maximum Gasteiger partial charge on any atom is 0.337 e. The molecule has 1 saturated carbocycles. The van der Waals surface area contributed by atoms with Crippen LogP contribution in [0.15, 0.2) is 72.9 Å². The fraction of sp³-hybridized carbons (Fsp3) is 0.303. The van der Waals surface area contributed by atoms with Gasteiger partial charge in [0.1, 0.15) is 11.6 Å². The van der Waals surface area contributed by atoms with Gasteiger partial charge in [-0.1, -0.05) is 49.6 Å². The number of pyridine rings is 1. The van der Waals surface area contributed by atoms with Crippen molar-refractivity contribution in [2.45, 2.75) is 45.6 Å². The first-order valence-electron chi connectivity index (χ1n) is 13.5. The first kappa shape index (κ1) is 26.4. The Bertz CT molecular complexity index is 1490. The molecular weight excluding hydrogens is 488 g/mol. The number of rotatable bonds is 7. The van der Waals surface area contributed by atoms with Crippen LogP contribution in [0.3, 0.4) is 0 Å². The molecule has 0 saturated heterocycles. The van der Waals surface area contributed by atoms with Gasteiger partial charge in [-0.15, -0.1) is 0 Å². The molecule has 6 heteroatoms. The molecule has 1 amide bonds. The third-order valence-electron chi connectivity index (χ3n) is 7.66. The number of hydrogen-bond acceptors (Lipinski definition) is 5. The molecule has 0 spiro atoms. The summed E-state index contributed by atoms with van der Waals surface area (Å²) in [6, 6.07) is 21.8. The number of anilines is 1. The van der Waals surface area contributed by atoms with Crippen LogP contribution in [0.5, 0.6) is 5.75 Å². The normalized spacial score (nSPS) is 13.7. The second kappa shape index (κ2) is 11.7. The topological polar surface area (TPSA) is 68.7 Å². The fourth-order valence-corrected chi connectivity index (χ4v) is 5.49. The van der Waals surface area contributed by atoms with E-state index >= 15 is 0 Å². The number of aryl methyl sites for hydroxylation is 1. The highest BCUT2D eigenvalue weighted by Crippen LogP contribution is 2.33.